The number of carbonyl (C=O) groups excluding carboxylic acids is 3. The van der Waals surface area contributed by atoms with Crippen molar-refractivity contribution in [3.63, 3.8) is 0 Å². The summed E-state index contributed by atoms with van der Waals surface area (Å²) in [5.41, 5.74) is 9.85. The summed E-state index contributed by atoms with van der Waals surface area (Å²) in [6.45, 7) is 0. The van der Waals surface area contributed by atoms with Gasteiger partial charge in [0.15, 0.2) is 6.04 Å². The van der Waals surface area contributed by atoms with E-state index in [1.807, 2.05) is 12.2 Å². The minimum atomic E-state index is -1.42. The molecule has 0 aromatic rings. The van der Waals surface area contributed by atoms with Gasteiger partial charge in [-0.1, -0.05) is 12.2 Å². The summed E-state index contributed by atoms with van der Waals surface area (Å²) in [5.74, 6) is -2.11. The van der Waals surface area contributed by atoms with Crippen molar-refractivity contribution < 1.29 is 14.4 Å². The van der Waals surface area contributed by atoms with Crippen LogP contribution in [0.2, 0.25) is 0 Å². The highest BCUT2D eigenvalue weighted by atomic mass is 16.2. The van der Waals surface area contributed by atoms with Gasteiger partial charge in [0.2, 0.25) is 17.7 Å². The Hall–Kier alpha value is -1.85. The number of hydrogen-bond donors (Lipinski definition) is 3. The molecule has 1 aliphatic carbocycles. The smallest absolute Gasteiger partial charge is 0.249 e. The summed E-state index contributed by atoms with van der Waals surface area (Å²) >= 11 is 0. The number of nitrogens with one attached hydrogen (secondary N) is 1. The molecule has 1 rings (SSSR count). The van der Waals surface area contributed by atoms with Crippen LogP contribution in [0.3, 0.4) is 0 Å². The molecule has 0 bridgehead atoms. The summed E-state index contributed by atoms with van der Waals surface area (Å²) < 4.78 is 0. The Kier molecular flexibility index (Phi) is 4.04. The van der Waals surface area contributed by atoms with E-state index in [9.17, 15) is 14.4 Å². The van der Waals surface area contributed by atoms with Crippen LogP contribution in [0.5, 0.6) is 0 Å². The van der Waals surface area contributed by atoms with E-state index in [4.69, 9.17) is 11.5 Å². The minimum Gasteiger partial charge on any atom is -0.367 e. The van der Waals surface area contributed by atoms with E-state index >= 15 is 0 Å². The van der Waals surface area contributed by atoms with Crippen LogP contribution in [-0.4, -0.2) is 23.8 Å². The van der Waals surface area contributed by atoms with Gasteiger partial charge in [0.1, 0.15) is 0 Å². The quantitative estimate of drug-likeness (QED) is 0.403. The molecule has 0 heterocycles. The van der Waals surface area contributed by atoms with Crippen molar-refractivity contribution in [2.75, 3.05) is 0 Å². The molecule has 1 aliphatic rings. The third kappa shape index (κ3) is 3.38. The fraction of sp³-hybridized carbons (Fsp3) is 0.500. The van der Waals surface area contributed by atoms with Crippen molar-refractivity contribution in [2.45, 2.75) is 25.3 Å². The van der Waals surface area contributed by atoms with Gasteiger partial charge >= 0.3 is 0 Å². The van der Waals surface area contributed by atoms with Crippen molar-refractivity contribution in [1.82, 2.24) is 5.32 Å². The lowest BCUT2D eigenvalue weighted by atomic mass is 10.0. The molecule has 0 saturated heterocycles. The number of hydrogen-bond acceptors (Lipinski definition) is 3. The largest absolute Gasteiger partial charge is 0.367 e. The van der Waals surface area contributed by atoms with E-state index in [2.05, 4.69) is 5.32 Å². The number of nitrogens with two attached hydrogens (primary N) is 2. The van der Waals surface area contributed by atoms with Gasteiger partial charge in [0, 0.05) is 6.42 Å². The highest BCUT2D eigenvalue weighted by Crippen LogP contribution is 2.19. The van der Waals surface area contributed by atoms with Gasteiger partial charge in [-0.15, -0.1) is 0 Å². The fourth-order valence-corrected chi connectivity index (χ4v) is 1.61. The molecule has 5 N–H and O–H groups in total. The molecule has 0 fully saturated rings. The zero-order chi connectivity index (χ0) is 12.1. The molecule has 16 heavy (non-hydrogen) atoms. The highest BCUT2D eigenvalue weighted by Gasteiger charge is 2.24. The van der Waals surface area contributed by atoms with E-state index in [1.165, 1.54) is 0 Å². The maximum absolute atomic E-state index is 11.5. The monoisotopic (exact) mass is 225 g/mol. The van der Waals surface area contributed by atoms with Crippen molar-refractivity contribution >= 4 is 17.7 Å². The van der Waals surface area contributed by atoms with E-state index in [0.717, 1.165) is 12.8 Å². The third-order valence-corrected chi connectivity index (χ3v) is 2.43. The van der Waals surface area contributed by atoms with Gasteiger partial charge in [-0.25, -0.2) is 0 Å². The lowest BCUT2D eigenvalue weighted by Crippen LogP contribution is -2.52. The Morgan fingerprint density at radius 1 is 1.31 bits per heavy atom. The second-order valence-electron chi connectivity index (χ2n) is 3.77. The highest BCUT2D eigenvalue weighted by molar-refractivity contribution is 6.05. The molecule has 0 spiro atoms. The molecule has 1 atom stereocenters. The number of amides is 3. The van der Waals surface area contributed by atoms with Crippen LogP contribution in [0.1, 0.15) is 19.3 Å². The lowest BCUT2D eigenvalue weighted by molar-refractivity contribution is -0.134. The van der Waals surface area contributed by atoms with Crippen LogP contribution < -0.4 is 16.8 Å². The maximum Gasteiger partial charge on any atom is 0.249 e. The van der Waals surface area contributed by atoms with Crippen LogP contribution in [0.15, 0.2) is 12.2 Å². The Morgan fingerprint density at radius 3 is 2.38 bits per heavy atom. The van der Waals surface area contributed by atoms with Crippen LogP contribution in [0.4, 0.5) is 0 Å². The average molecular weight is 225 g/mol. The molecular weight excluding hydrogens is 210 g/mol. The Balaban J connectivity index is 2.45. The molecule has 0 aliphatic heterocycles. The predicted octanol–water partition coefficient (Wildman–Crippen LogP) is -1.20. The molecular formula is C10H15N3O3. The first kappa shape index (κ1) is 12.2. The predicted molar refractivity (Wildman–Crippen MR) is 56.8 cm³/mol. The van der Waals surface area contributed by atoms with Crippen molar-refractivity contribution in [3.05, 3.63) is 12.2 Å². The van der Waals surface area contributed by atoms with Crippen LogP contribution in [0.25, 0.3) is 0 Å². The molecule has 0 unspecified atom stereocenters. The van der Waals surface area contributed by atoms with Crippen LogP contribution in [-0.2, 0) is 14.4 Å². The number of allylic oxidation sites excluding steroid dienone is 2. The Bertz CT molecular complexity index is 324. The van der Waals surface area contributed by atoms with Crippen LogP contribution >= 0.6 is 0 Å². The minimum absolute atomic E-state index is 0.168. The van der Waals surface area contributed by atoms with Crippen molar-refractivity contribution in [2.24, 2.45) is 17.4 Å². The summed E-state index contributed by atoms with van der Waals surface area (Å²) in [6, 6.07) is -1.42. The van der Waals surface area contributed by atoms with E-state index < -0.39 is 17.9 Å². The molecule has 0 aromatic carbocycles. The van der Waals surface area contributed by atoms with Crippen LogP contribution in [0, 0.1) is 5.92 Å². The number of primary amides is 2. The molecule has 0 aromatic heterocycles. The summed E-state index contributed by atoms with van der Waals surface area (Å²) in [6.07, 6.45) is 6.05. The third-order valence-electron chi connectivity index (χ3n) is 2.43. The summed E-state index contributed by atoms with van der Waals surface area (Å²) in [7, 11) is 0. The first-order chi connectivity index (χ1) is 7.50. The molecule has 6 nitrogen and oxygen atoms in total. The average Bonchev–Trinajstić information content (AvgIpc) is 2.65. The second-order valence-corrected chi connectivity index (χ2v) is 3.77. The first-order valence-corrected chi connectivity index (χ1v) is 5.05. The first-order valence-electron chi connectivity index (χ1n) is 5.05. The van der Waals surface area contributed by atoms with E-state index in [-0.39, 0.29) is 18.2 Å². The Labute approximate surface area is 93.0 Å². The summed E-state index contributed by atoms with van der Waals surface area (Å²) in [5, 5.41) is 2.22. The number of carbonyl (C=O) groups is 3. The lowest BCUT2D eigenvalue weighted by Gasteiger charge is -2.13. The molecule has 0 saturated carbocycles. The SMILES string of the molecule is NC(=O)C(NC(=O)C[C@H]1C=CCC1)C(N)=O. The molecule has 6 heteroatoms. The van der Waals surface area contributed by atoms with Gasteiger partial charge in [0.05, 0.1) is 0 Å². The molecule has 88 valence electrons. The zero-order valence-electron chi connectivity index (χ0n) is 8.81. The van der Waals surface area contributed by atoms with Crippen molar-refractivity contribution in [1.29, 1.82) is 0 Å². The topological polar surface area (TPSA) is 115 Å². The molecule has 3 amide bonds. The van der Waals surface area contributed by atoms with E-state index in [0.29, 0.717) is 0 Å². The van der Waals surface area contributed by atoms with Crippen molar-refractivity contribution in [3.8, 4) is 0 Å². The van der Waals surface area contributed by atoms with Gasteiger partial charge in [-0.2, -0.15) is 0 Å². The van der Waals surface area contributed by atoms with E-state index in [1.54, 1.807) is 0 Å². The van der Waals surface area contributed by atoms with Gasteiger partial charge in [-0.05, 0) is 18.8 Å². The number of rotatable bonds is 5. The van der Waals surface area contributed by atoms with Gasteiger partial charge < -0.3 is 16.8 Å². The molecule has 0 radical (unpaired) electrons. The standard InChI is InChI=1S/C10H15N3O3/c11-9(15)8(10(12)16)13-7(14)5-6-3-1-2-4-6/h1,3,6,8H,2,4-5H2,(H2,11,15)(H2,12,16)(H,13,14)/t6-/m0/s1. The maximum atomic E-state index is 11.5. The van der Waals surface area contributed by atoms with Gasteiger partial charge in [0.25, 0.3) is 0 Å². The zero-order valence-corrected chi connectivity index (χ0v) is 8.81. The fourth-order valence-electron chi connectivity index (χ4n) is 1.61. The van der Waals surface area contributed by atoms with Gasteiger partial charge in [-0.3, -0.25) is 14.4 Å². The normalized spacial score (nSPS) is 18.7. The second kappa shape index (κ2) is 5.29. The summed E-state index contributed by atoms with van der Waals surface area (Å²) in [4.78, 5) is 33.1. The Morgan fingerprint density at radius 2 is 1.94 bits per heavy atom.